The number of carbonyl (C=O) groups is 1. The highest BCUT2D eigenvalue weighted by atomic mass is 16.5. The molecule has 4 heteroatoms. The molecule has 0 bridgehead atoms. The second kappa shape index (κ2) is 7.34. The van der Waals surface area contributed by atoms with Gasteiger partial charge in [0.2, 0.25) is 5.91 Å². The average Bonchev–Trinajstić information content (AvgIpc) is 2.52. The van der Waals surface area contributed by atoms with Gasteiger partial charge in [-0.15, -0.1) is 0 Å². The monoisotopic (exact) mass is 291 g/mol. The summed E-state index contributed by atoms with van der Waals surface area (Å²) in [6.45, 7) is 2.58. The standard InChI is InChI=1S/C17H25NO3/c1-13(19)18-11-5-4-6-15(18)9-7-14-8-10-16(20-2)17(12-14)21-3/h8,10,12,15H,4-7,9,11H2,1-3H3. The number of ether oxygens (including phenoxy) is 2. The highest BCUT2D eigenvalue weighted by molar-refractivity contribution is 5.73. The lowest BCUT2D eigenvalue weighted by atomic mass is 9.95. The number of nitrogens with zero attached hydrogens (tertiary/aromatic N) is 1. The molecule has 2 rings (SSSR count). The largest absolute Gasteiger partial charge is 0.493 e. The van der Waals surface area contributed by atoms with Gasteiger partial charge in [0, 0.05) is 19.5 Å². The first kappa shape index (κ1) is 15.7. The lowest BCUT2D eigenvalue weighted by Crippen LogP contribution is -2.42. The highest BCUT2D eigenvalue weighted by Gasteiger charge is 2.23. The fraction of sp³-hybridized carbons (Fsp3) is 0.588. The zero-order chi connectivity index (χ0) is 15.2. The van der Waals surface area contributed by atoms with Gasteiger partial charge in [-0.3, -0.25) is 4.79 Å². The molecule has 1 aromatic rings. The van der Waals surface area contributed by atoms with Crippen molar-refractivity contribution in [2.24, 2.45) is 0 Å². The quantitative estimate of drug-likeness (QED) is 0.837. The molecule has 0 aliphatic carbocycles. The van der Waals surface area contributed by atoms with Crippen LogP contribution in [0.5, 0.6) is 11.5 Å². The molecule has 1 aromatic carbocycles. The fourth-order valence-electron chi connectivity index (χ4n) is 3.08. The van der Waals surface area contributed by atoms with Crippen molar-refractivity contribution in [1.82, 2.24) is 4.90 Å². The summed E-state index contributed by atoms with van der Waals surface area (Å²) in [5.41, 5.74) is 1.22. The van der Waals surface area contributed by atoms with Crippen LogP contribution in [0.15, 0.2) is 18.2 Å². The summed E-state index contributed by atoms with van der Waals surface area (Å²) in [4.78, 5) is 13.7. The number of aryl methyl sites for hydroxylation is 1. The van der Waals surface area contributed by atoms with Gasteiger partial charge >= 0.3 is 0 Å². The Balaban J connectivity index is 2.00. The molecule has 0 N–H and O–H groups in total. The van der Waals surface area contributed by atoms with Crippen LogP contribution >= 0.6 is 0 Å². The molecule has 1 atom stereocenters. The lowest BCUT2D eigenvalue weighted by Gasteiger charge is -2.35. The first-order valence-electron chi connectivity index (χ1n) is 7.63. The van der Waals surface area contributed by atoms with E-state index in [-0.39, 0.29) is 5.91 Å². The van der Waals surface area contributed by atoms with Crippen LogP contribution < -0.4 is 9.47 Å². The summed E-state index contributed by atoms with van der Waals surface area (Å²) < 4.78 is 10.6. The Morgan fingerprint density at radius 3 is 2.67 bits per heavy atom. The van der Waals surface area contributed by atoms with Crippen LogP contribution in [0, 0.1) is 0 Å². The lowest BCUT2D eigenvalue weighted by molar-refractivity contribution is -0.132. The zero-order valence-electron chi connectivity index (χ0n) is 13.2. The molecule has 1 amide bonds. The topological polar surface area (TPSA) is 38.8 Å². The van der Waals surface area contributed by atoms with E-state index in [2.05, 4.69) is 6.07 Å². The molecule has 1 aliphatic rings. The Kier molecular flexibility index (Phi) is 5.48. The van der Waals surface area contributed by atoms with Crippen LogP contribution in [0.3, 0.4) is 0 Å². The van der Waals surface area contributed by atoms with E-state index in [0.29, 0.717) is 6.04 Å². The normalized spacial score (nSPS) is 18.4. The van der Waals surface area contributed by atoms with Crippen LogP contribution in [0.1, 0.15) is 38.2 Å². The maximum absolute atomic E-state index is 11.7. The zero-order valence-corrected chi connectivity index (χ0v) is 13.2. The predicted octanol–water partition coefficient (Wildman–Crippen LogP) is 3.04. The van der Waals surface area contributed by atoms with Crippen LogP contribution in [0.4, 0.5) is 0 Å². The Labute approximate surface area is 127 Å². The number of piperidine rings is 1. The third kappa shape index (κ3) is 3.90. The number of hydrogen-bond acceptors (Lipinski definition) is 3. The minimum Gasteiger partial charge on any atom is -0.493 e. The molecule has 1 heterocycles. The van der Waals surface area contributed by atoms with Gasteiger partial charge in [-0.05, 0) is 49.8 Å². The minimum atomic E-state index is 0.201. The van der Waals surface area contributed by atoms with Crippen LogP contribution in [0.2, 0.25) is 0 Å². The predicted molar refractivity (Wildman–Crippen MR) is 82.9 cm³/mol. The molecule has 0 saturated carbocycles. The average molecular weight is 291 g/mol. The van der Waals surface area contributed by atoms with Gasteiger partial charge in [0.1, 0.15) is 0 Å². The Morgan fingerprint density at radius 2 is 2.00 bits per heavy atom. The number of methoxy groups -OCH3 is 2. The van der Waals surface area contributed by atoms with Crippen molar-refractivity contribution in [2.45, 2.75) is 45.1 Å². The highest BCUT2D eigenvalue weighted by Crippen LogP contribution is 2.29. The summed E-state index contributed by atoms with van der Waals surface area (Å²) in [6, 6.07) is 6.42. The number of rotatable bonds is 5. The van der Waals surface area contributed by atoms with Gasteiger partial charge in [0.05, 0.1) is 14.2 Å². The van der Waals surface area contributed by atoms with Gasteiger partial charge in [0.25, 0.3) is 0 Å². The Morgan fingerprint density at radius 1 is 1.24 bits per heavy atom. The maximum Gasteiger partial charge on any atom is 0.219 e. The van der Waals surface area contributed by atoms with Gasteiger partial charge in [-0.25, -0.2) is 0 Å². The maximum atomic E-state index is 11.7. The van der Waals surface area contributed by atoms with Crippen LogP contribution in [-0.4, -0.2) is 37.6 Å². The first-order valence-corrected chi connectivity index (χ1v) is 7.63. The molecule has 116 valence electrons. The second-order valence-corrected chi connectivity index (χ2v) is 5.59. The van der Waals surface area contributed by atoms with E-state index in [1.54, 1.807) is 21.1 Å². The molecule has 0 radical (unpaired) electrons. The van der Waals surface area contributed by atoms with E-state index in [1.807, 2.05) is 17.0 Å². The van der Waals surface area contributed by atoms with E-state index in [1.165, 1.54) is 12.0 Å². The van der Waals surface area contributed by atoms with Gasteiger partial charge < -0.3 is 14.4 Å². The van der Waals surface area contributed by atoms with E-state index in [9.17, 15) is 4.79 Å². The summed E-state index contributed by atoms with van der Waals surface area (Å²) in [5, 5.41) is 0. The third-order valence-electron chi connectivity index (χ3n) is 4.25. The molecule has 1 fully saturated rings. The first-order chi connectivity index (χ1) is 10.2. The van der Waals surface area contributed by atoms with E-state index >= 15 is 0 Å². The summed E-state index contributed by atoms with van der Waals surface area (Å²) in [7, 11) is 3.30. The molecule has 0 spiro atoms. The van der Waals surface area contributed by atoms with E-state index in [4.69, 9.17) is 9.47 Å². The van der Waals surface area contributed by atoms with Gasteiger partial charge in [0.15, 0.2) is 11.5 Å². The molecule has 1 unspecified atom stereocenters. The minimum absolute atomic E-state index is 0.201. The van der Waals surface area contributed by atoms with Crippen molar-refractivity contribution in [3.63, 3.8) is 0 Å². The number of hydrogen-bond donors (Lipinski definition) is 0. The summed E-state index contributed by atoms with van der Waals surface area (Å²) in [6.07, 6.45) is 5.43. The third-order valence-corrected chi connectivity index (χ3v) is 4.25. The Hall–Kier alpha value is -1.71. The van der Waals surface area contributed by atoms with Crippen molar-refractivity contribution >= 4 is 5.91 Å². The molecule has 1 aliphatic heterocycles. The molecule has 0 aromatic heterocycles. The molecular formula is C17H25NO3. The van der Waals surface area contributed by atoms with Crippen molar-refractivity contribution in [2.75, 3.05) is 20.8 Å². The molecule has 21 heavy (non-hydrogen) atoms. The van der Waals surface area contributed by atoms with Gasteiger partial charge in [-0.2, -0.15) is 0 Å². The number of benzene rings is 1. The molecular weight excluding hydrogens is 266 g/mol. The van der Waals surface area contributed by atoms with Gasteiger partial charge in [-0.1, -0.05) is 6.07 Å². The number of likely N-dealkylation sites (tertiary alicyclic amines) is 1. The van der Waals surface area contributed by atoms with Crippen molar-refractivity contribution in [3.8, 4) is 11.5 Å². The van der Waals surface area contributed by atoms with Crippen LogP contribution in [0.25, 0.3) is 0 Å². The Bertz CT molecular complexity index is 487. The number of carbonyl (C=O) groups excluding carboxylic acids is 1. The van der Waals surface area contributed by atoms with Crippen molar-refractivity contribution in [1.29, 1.82) is 0 Å². The van der Waals surface area contributed by atoms with E-state index < -0.39 is 0 Å². The smallest absolute Gasteiger partial charge is 0.219 e. The van der Waals surface area contributed by atoms with Crippen molar-refractivity contribution in [3.05, 3.63) is 23.8 Å². The van der Waals surface area contributed by atoms with Crippen molar-refractivity contribution < 1.29 is 14.3 Å². The van der Waals surface area contributed by atoms with Crippen LogP contribution in [-0.2, 0) is 11.2 Å². The number of amides is 1. The molecule has 1 saturated heterocycles. The fourth-order valence-corrected chi connectivity index (χ4v) is 3.08. The summed E-state index contributed by atoms with van der Waals surface area (Å²) in [5.74, 6) is 1.72. The summed E-state index contributed by atoms with van der Waals surface area (Å²) >= 11 is 0. The SMILES string of the molecule is COc1ccc(CCC2CCCCN2C(C)=O)cc1OC. The van der Waals surface area contributed by atoms with E-state index in [0.717, 1.165) is 43.7 Å². The second-order valence-electron chi connectivity index (χ2n) is 5.59. The molecule has 4 nitrogen and oxygen atoms in total.